The molecule has 0 unspecified atom stereocenters. The normalized spacial score (nSPS) is 9.79. The molecular formula is C11H15N2Se. The summed E-state index contributed by atoms with van der Waals surface area (Å²) < 4.78 is 0.512. The van der Waals surface area contributed by atoms with E-state index in [1.165, 1.54) is 5.56 Å². The summed E-state index contributed by atoms with van der Waals surface area (Å²) in [5.41, 5.74) is 1.37. The predicted octanol–water partition coefficient (Wildman–Crippen LogP) is 1.65. The summed E-state index contributed by atoms with van der Waals surface area (Å²) in [7, 11) is 1.93. The topological polar surface area (TPSA) is 27.1 Å². The summed E-state index contributed by atoms with van der Waals surface area (Å²) in [5.74, 6) is 0. The molecule has 1 N–H and O–H groups in total. The number of nitrogens with zero attached hydrogens (tertiary/aromatic N) is 1. The van der Waals surface area contributed by atoms with E-state index in [0.29, 0.717) is 4.73 Å². The van der Waals surface area contributed by atoms with Gasteiger partial charge in [-0.05, 0) is 0 Å². The summed E-state index contributed by atoms with van der Waals surface area (Å²) >= 11 is 2.70. The molecule has 0 fully saturated rings. The van der Waals surface area contributed by atoms with Crippen LogP contribution < -0.4 is 0 Å². The number of benzene rings is 1. The van der Waals surface area contributed by atoms with Gasteiger partial charge in [0.2, 0.25) is 0 Å². The molecule has 0 aliphatic carbocycles. The van der Waals surface area contributed by atoms with Crippen LogP contribution in [0.25, 0.3) is 0 Å². The van der Waals surface area contributed by atoms with E-state index in [1.54, 1.807) is 0 Å². The van der Waals surface area contributed by atoms with E-state index in [-0.39, 0.29) is 0 Å². The van der Waals surface area contributed by atoms with Crippen LogP contribution in [-0.4, -0.2) is 39.2 Å². The van der Waals surface area contributed by atoms with Gasteiger partial charge in [-0.25, -0.2) is 0 Å². The van der Waals surface area contributed by atoms with E-state index >= 15 is 0 Å². The Morgan fingerprint density at radius 1 is 1.36 bits per heavy atom. The van der Waals surface area contributed by atoms with Crippen molar-refractivity contribution in [2.45, 2.75) is 12.8 Å². The van der Waals surface area contributed by atoms with Gasteiger partial charge in [-0.1, -0.05) is 0 Å². The van der Waals surface area contributed by atoms with E-state index in [9.17, 15) is 0 Å². The molecule has 0 saturated heterocycles. The van der Waals surface area contributed by atoms with E-state index < -0.39 is 0 Å². The third kappa shape index (κ3) is 3.95. The quantitative estimate of drug-likeness (QED) is 0.494. The zero-order valence-corrected chi connectivity index (χ0v) is 10.1. The molecule has 75 valence electrons. The summed E-state index contributed by atoms with van der Waals surface area (Å²) in [6.45, 7) is 0.931. The average molecular weight is 254 g/mol. The minimum absolute atomic E-state index is 0.512. The van der Waals surface area contributed by atoms with Gasteiger partial charge in [-0.15, -0.1) is 0 Å². The van der Waals surface area contributed by atoms with Crippen LogP contribution in [-0.2, 0) is 6.42 Å². The molecule has 0 aliphatic rings. The van der Waals surface area contributed by atoms with Gasteiger partial charge in [0, 0.05) is 0 Å². The van der Waals surface area contributed by atoms with Crippen LogP contribution in [0, 0.1) is 5.41 Å². The van der Waals surface area contributed by atoms with Crippen molar-refractivity contribution in [3.05, 3.63) is 35.9 Å². The van der Waals surface area contributed by atoms with E-state index in [2.05, 4.69) is 40.3 Å². The summed E-state index contributed by atoms with van der Waals surface area (Å²) in [6, 6.07) is 10.4. The molecule has 1 aromatic carbocycles. The summed E-state index contributed by atoms with van der Waals surface area (Å²) in [5, 5.41) is 7.35. The Kier molecular flexibility index (Phi) is 4.71. The number of aryl methyl sites for hydroxylation is 1. The number of hydrogen-bond donors (Lipinski definition) is 1. The third-order valence-electron chi connectivity index (χ3n) is 2.15. The standard InChI is InChI=1S/C11H15N2Se/c1-13(11(12)14)9-5-8-10-6-3-2-4-7-10/h2-4,6-7,12H,5,8-9H2,1H3. The molecule has 0 spiro atoms. The Labute approximate surface area is 93.6 Å². The fourth-order valence-electron chi connectivity index (χ4n) is 1.27. The van der Waals surface area contributed by atoms with Crippen LogP contribution in [0.5, 0.6) is 0 Å². The molecule has 1 rings (SSSR count). The number of rotatable bonds is 4. The Hall–Kier alpha value is -0.791. The van der Waals surface area contributed by atoms with E-state index in [1.807, 2.05) is 18.0 Å². The zero-order chi connectivity index (χ0) is 10.4. The van der Waals surface area contributed by atoms with Crippen molar-refractivity contribution < 1.29 is 0 Å². The maximum absolute atomic E-state index is 7.35. The van der Waals surface area contributed by atoms with Crippen molar-refractivity contribution in [3.8, 4) is 0 Å². The number of amidine groups is 1. The second-order valence-electron chi connectivity index (χ2n) is 3.32. The molecule has 0 bridgehead atoms. The molecule has 2 nitrogen and oxygen atoms in total. The fraction of sp³-hybridized carbons (Fsp3) is 0.364. The van der Waals surface area contributed by atoms with Gasteiger partial charge in [0.05, 0.1) is 0 Å². The molecule has 0 heterocycles. The third-order valence-corrected chi connectivity index (χ3v) is 2.80. The van der Waals surface area contributed by atoms with Gasteiger partial charge in [0.15, 0.2) is 0 Å². The first kappa shape index (κ1) is 11.3. The van der Waals surface area contributed by atoms with Crippen LogP contribution in [0.4, 0.5) is 0 Å². The molecule has 14 heavy (non-hydrogen) atoms. The van der Waals surface area contributed by atoms with Crippen LogP contribution in [0.2, 0.25) is 0 Å². The van der Waals surface area contributed by atoms with Gasteiger partial charge in [-0.3, -0.25) is 0 Å². The molecule has 3 heteroatoms. The van der Waals surface area contributed by atoms with Crippen LogP contribution in [0.15, 0.2) is 30.3 Å². The maximum atomic E-state index is 7.35. The Balaban J connectivity index is 2.26. The van der Waals surface area contributed by atoms with Crippen molar-refractivity contribution >= 4 is 20.7 Å². The first-order chi connectivity index (χ1) is 6.70. The monoisotopic (exact) mass is 255 g/mol. The fourth-order valence-corrected chi connectivity index (χ4v) is 1.46. The Morgan fingerprint density at radius 2 is 2.00 bits per heavy atom. The molecule has 1 aromatic rings. The number of hydrogen-bond acceptors (Lipinski definition) is 1. The van der Waals surface area contributed by atoms with Gasteiger partial charge < -0.3 is 0 Å². The Bertz CT molecular complexity index is 285. The number of nitrogens with one attached hydrogen (secondary N) is 1. The predicted molar refractivity (Wildman–Crippen MR) is 60.9 cm³/mol. The van der Waals surface area contributed by atoms with Gasteiger partial charge in [0.25, 0.3) is 0 Å². The van der Waals surface area contributed by atoms with Gasteiger partial charge in [0.1, 0.15) is 0 Å². The van der Waals surface area contributed by atoms with Gasteiger partial charge in [-0.2, -0.15) is 0 Å². The van der Waals surface area contributed by atoms with Crippen molar-refractivity contribution in [3.63, 3.8) is 0 Å². The minimum atomic E-state index is 0.512. The van der Waals surface area contributed by atoms with E-state index in [4.69, 9.17) is 5.41 Å². The molecule has 0 aliphatic heterocycles. The molecule has 0 aromatic heterocycles. The first-order valence-corrected chi connectivity index (χ1v) is 5.56. The zero-order valence-electron chi connectivity index (χ0n) is 8.36. The van der Waals surface area contributed by atoms with Crippen LogP contribution in [0.3, 0.4) is 0 Å². The summed E-state index contributed by atoms with van der Waals surface area (Å²) in [6.07, 6.45) is 2.17. The summed E-state index contributed by atoms with van der Waals surface area (Å²) in [4.78, 5) is 1.92. The molecular weight excluding hydrogens is 239 g/mol. The Morgan fingerprint density at radius 3 is 2.57 bits per heavy atom. The molecule has 1 radical (unpaired) electrons. The average Bonchev–Trinajstić information content (AvgIpc) is 2.19. The van der Waals surface area contributed by atoms with E-state index in [0.717, 1.165) is 19.4 Å². The van der Waals surface area contributed by atoms with Gasteiger partial charge >= 0.3 is 93.4 Å². The van der Waals surface area contributed by atoms with Crippen LogP contribution in [0.1, 0.15) is 12.0 Å². The SMILES string of the molecule is CN(CCCc1ccccc1)C(=N)[Se]. The van der Waals surface area contributed by atoms with Crippen molar-refractivity contribution in [2.75, 3.05) is 13.6 Å². The van der Waals surface area contributed by atoms with Crippen molar-refractivity contribution in [1.29, 1.82) is 5.41 Å². The van der Waals surface area contributed by atoms with Crippen LogP contribution >= 0.6 is 0 Å². The second-order valence-corrected chi connectivity index (χ2v) is 4.13. The first-order valence-electron chi connectivity index (χ1n) is 4.71. The molecule has 0 atom stereocenters. The van der Waals surface area contributed by atoms with Crippen molar-refractivity contribution in [1.82, 2.24) is 4.90 Å². The second kappa shape index (κ2) is 5.84. The van der Waals surface area contributed by atoms with Crippen molar-refractivity contribution in [2.24, 2.45) is 0 Å². The molecule has 0 amide bonds. The molecule has 0 saturated carbocycles.